The van der Waals surface area contributed by atoms with Crippen molar-refractivity contribution in [2.75, 3.05) is 6.26 Å². The number of aldehydes is 1. The van der Waals surface area contributed by atoms with E-state index in [1.165, 1.54) is 23.0 Å². The van der Waals surface area contributed by atoms with Gasteiger partial charge in [0.05, 0.1) is 6.20 Å². The summed E-state index contributed by atoms with van der Waals surface area (Å²) in [5.74, 6) is 0. The van der Waals surface area contributed by atoms with Crippen LogP contribution in [-0.2, 0) is 9.84 Å². The molecule has 0 saturated heterocycles. The molecule has 0 amide bonds. The lowest BCUT2D eigenvalue weighted by molar-refractivity contribution is 0.111. The molecular formula is C8H7N3O3S. The van der Waals surface area contributed by atoms with Crippen molar-refractivity contribution in [2.45, 2.75) is 5.03 Å². The first-order valence-corrected chi connectivity index (χ1v) is 5.90. The minimum atomic E-state index is -3.34. The van der Waals surface area contributed by atoms with Gasteiger partial charge in [0.25, 0.3) is 0 Å². The quantitative estimate of drug-likeness (QED) is 0.669. The van der Waals surface area contributed by atoms with Crippen molar-refractivity contribution < 1.29 is 13.2 Å². The fourth-order valence-corrected chi connectivity index (χ4v) is 1.70. The summed E-state index contributed by atoms with van der Waals surface area (Å²) in [6.45, 7) is 0. The Morgan fingerprint density at radius 1 is 1.40 bits per heavy atom. The van der Waals surface area contributed by atoms with E-state index >= 15 is 0 Å². The van der Waals surface area contributed by atoms with Crippen LogP contribution in [-0.4, -0.2) is 35.3 Å². The topological polar surface area (TPSA) is 81.4 Å². The third-order valence-electron chi connectivity index (χ3n) is 1.84. The van der Waals surface area contributed by atoms with Crippen LogP contribution in [0.5, 0.6) is 0 Å². The minimum Gasteiger partial charge on any atom is -0.302 e. The van der Waals surface area contributed by atoms with Gasteiger partial charge < -0.3 is 4.40 Å². The fourth-order valence-electron chi connectivity index (χ4n) is 1.15. The monoisotopic (exact) mass is 225 g/mol. The molecule has 0 bridgehead atoms. The van der Waals surface area contributed by atoms with Crippen LogP contribution >= 0.6 is 0 Å². The molecule has 2 heterocycles. The first-order chi connectivity index (χ1) is 7.00. The number of hydrogen-bond acceptors (Lipinski definition) is 5. The molecule has 0 aliphatic carbocycles. The van der Waals surface area contributed by atoms with Crippen molar-refractivity contribution in [1.29, 1.82) is 0 Å². The maximum Gasteiger partial charge on any atom is 0.194 e. The van der Waals surface area contributed by atoms with Gasteiger partial charge in [0, 0.05) is 18.6 Å². The number of sulfone groups is 1. The van der Waals surface area contributed by atoms with Crippen LogP contribution < -0.4 is 0 Å². The van der Waals surface area contributed by atoms with Crippen molar-refractivity contribution >= 4 is 21.8 Å². The van der Waals surface area contributed by atoms with E-state index in [1.807, 2.05) is 0 Å². The van der Waals surface area contributed by atoms with Crippen LogP contribution in [0.3, 0.4) is 0 Å². The number of hydrogen-bond donors (Lipinski definition) is 0. The second-order valence-corrected chi connectivity index (χ2v) is 5.01. The Bertz CT molecular complexity index is 630. The Morgan fingerprint density at radius 2 is 2.13 bits per heavy atom. The number of fused-ring (bicyclic) bond motifs is 1. The zero-order valence-electron chi connectivity index (χ0n) is 7.78. The lowest BCUT2D eigenvalue weighted by Gasteiger charge is -1.97. The highest BCUT2D eigenvalue weighted by atomic mass is 32.2. The van der Waals surface area contributed by atoms with E-state index in [-0.39, 0.29) is 10.7 Å². The third kappa shape index (κ3) is 1.73. The van der Waals surface area contributed by atoms with Crippen LogP contribution in [0.4, 0.5) is 0 Å². The predicted octanol–water partition coefficient (Wildman–Crippen LogP) is -0.0547. The SMILES string of the molecule is CS(=O)(=O)c1cn2cc(C=O)nc2cn1. The lowest BCUT2D eigenvalue weighted by atomic mass is 10.5. The van der Waals surface area contributed by atoms with Crippen LogP contribution in [0.25, 0.3) is 5.65 Å². The zero-order chi connectivity index (χ0) is 11.1. The summed E-state index contributed by atoms with van der Waals surface area (Å²) in [6, 6.07) is 0. The van der Waals surface area contributed by atoms with Crippen molar-refractivity contribution in [1.82, 2.24) is 14.4 Å². The maximum absolute atomic E-state index is 11.2. The molecular weight excluding hydrogens is 218 g/mol. The Morgan fingerprint density at radius 3 is 2.73 bits per heavy atom. The molecule has 0 radical (unpaired) electrons. The van der Waals surface area contributed by atoms with E-state index in [9.17, 15) is 13.2 Å². The van der Waals surface area contributed by atoms with E-state index in [2.05, 4.69) is 9.97 Å². The molecule has 0 N–H and O–H groups in total. The maximum atomic E-state index is 11.2. The van der Waals surface area contributed by atoms with Gasteiger partial charge in [-0.05, 0) is 0 Å². The van der Waals surface area contributed by atoms with Gasteiger partial charge in [0.2, 0.25) is 0 Å². The van der Waals surface area contributed by atoms with Gasteiger partial charge in [-0.1, -0.05) is 0 Å². The standard InChI is InChI=1S/C8H7N3O3S/c1-15(13,14)8-4-11-3-6(5-12)10-7(11)2-9-8/h2-5H,1H3. The molecule has 0 fully saturated rings. The molecule has 2 rings (SSSR count). The first-order valence-electron chi connectivity index (χ1n) is 4.01. The summed E-state index contributed by atoms with van der Waals surface area (Å²) in [7, 11) is -3.34. The summed E-state index contributed by atoms with van der Waals surface area (Å²) in [5.41, 5.74) is 0.673. The van der Waals surface area contributed by atoms with Crippen molar-refractivity contribution in [3.8, 4) is 0 Å². The summed E-state index contributed by atoms with van der Waals surface area (Å²) >= 11 is 0. The summed E-state index contributed by atoms with van der Waals surface area (Å²) in [6.07, 6.45) is 5.73. The molecule has 7 heteroatoms. The first kappa shape index (κ1) is 9.78. The van der Waals surface area contributed by atoms with E-state index < -0.39 is 9.84 Å². The highest BCUT2D eigenvalue weighted by Crippen LogP contribution is 2.07. The van der Waals surface area contributed by atoms with E-state index in [0.29, 0.717) is 11.9 Å². The Balaban J connectivity index is 2.71. The molecule has 2 aromatic heterocycles. The van der Waals surface area contributed by atoms with Crippen LogP contribution in [0.15, 0.2) is 23.6 Å². The molecule has 0 saturated carbocycles. The Kier molecular flexibility index (Phi) is 2.04. The molecule has 78 valence electrons. The largest absolute Gasteiger partial charge is 0.302 e. The molecule has 0 aliphatic rings. The fraction of sp³-hybridized carbons (Fsp3) is 0.125. The number of rotatable bonds is 2. The number of nitrogens with zero attached hydrogens (tertiary/aromatic N) is 3. The summed E-state index contributed by atoms with van der Waals surface area (Å²) in [5, 5.41) is -0.0511. The average Bonchev–Trinajstić information content (AvgIpc) is 2.57. The highest BCUT2D eigenvalue weighted by molar-refractivity contribution is 7.90. The molecule has 2 aromatic rings. The van der Waals surface area contributed by atoms with E-state index in [4.69, 9.17) is 0 Å². The normalized spacial score (nSPS) is 11.8. The average molecular weight is 225 g/mol. The second kappa shape index (κ2) is 3.13. The van der Waals surface area contributed by atoms with Gasteiger partial charge in [0.1, 0.15) is 5.69 Å². The molecule has 0 aromatic carbocycles. The Hall–Kier alpha value is -1.76. The minimum absolute atomic E-state index is 0.0511. The second-order valence-electron chi connectivity index (χ2n) is 3.05. The van der Waals surface area contributed by atoms with Crippen LogP contribution in [0.1, 0.15) is 10.5 Å². The zero-order valence-corrected chi connectivity index (χ0v) is 8.60. The third-order valence-corrected chi connectivity index (χ3v) is 2.81. The van der Waals surface area contributed by atoms with Crippen LogP contribution in [0.2, 0.25) is 0 Å². The predicted molar refractivity (Wildman–Crippen MR) is 51.5 cm³/mol. The van der Waals surface area contributed by atoms with Gasteiger partial charge in [-0.25, -0.2) is 18.4 Å². The van der Waals surface area contributed by atoms with Gasteiger partial charge in [-0.3, -0.25) is 4.79 Å². The molecule has 0 spiro atoms. The smallest absolute Gasteiger partial charge is 0.194 e. The number of carbonyl (C=O) groups excluding carboxylic acids is 1. The summed E-state index contributed by atoms with van der Waals surface area (Å²) < 4.78 is 23.8. The molecule has 0 unspecified atom stereocenters. The Labute approximate surface area is 85.5 Å². The van der Waals surface area contributed by atoms with Crippen molar-refractivity contribution in [3.63, 3.8) is 0 Å². The molecule has 0 aliphatic heterocycles. The van der Waals surface area contributed by atoms with Gasteiger partial charge in [0.15, 0.2) is 26.8 Å². The van der Waals surface area contributed by atoms with Gasteiger partial charge in [-0.15, -0.1) is 0 Å². The molecule has 6 nitrogen and oxygen atoms in total. The van der Waals surface area contributed by atoms with Crippen LogP contribution in [0, 0.1) is 0 Å². The number of imidazole rings is 1. The number of aromatic nitrogens is 3. The summed E-state index contributed by atoms with van der Waals surface area (Å²) in [4.78, 5) is 18.1. The van der Waals surface area contributed by atoms with Crippen molar-refractivity contribution in [2.24, 2.45) is 0 Å². The number of carbonyl (C=O) groups is 1. The highest BCUT2D eigenvalue weighted by Gasteiger charge is 2.10. The molecule has 0 atom stereocenters. The van der Waals surface area contributed by atoms with E-state index in [0.717, 1.165) is 6.26 Å². The lowest BCUT2D eigenvalue weighted by Crippen LogP contribution is -2.02. The van der Waals surface area contributed by atoms with E-state index in [1.54, 1.807) is 0 Å². The van der Waals surface area contributed by atoms with Crippen molar-refractivity contribution in [3.05, 3.63) is 24.3 Å². The molecule has 15 heavy (non-hydrogen) atoms. The van der Waals surface area contributed by atoms with Gasteiger partial charge >= 0.3 is 0 Å². The van der Waals surface area contributed by atoms with Gasteiger partial charge in [-0.2, -0.15) is 0 Å².